The van der Waals surface area contributed by atoms with Crippen LogP contribution in [0.15, 0.2) is 72.9 Å². The molecule has 6 rings (SSSR count). The summed E-state index contributed by atoms with van der Waals surface area (Å²) in [4.78, 5) is 76.6. The van der Waals surface area contributed by atoms with Crippen molar-refractivity contribution in [3.8, 4) is 0 Å². The van der Waals surface area contributed by atoms with E-state index in [0.29, 0.717) is 43.2 Å². The van der Waals surface area contributed by atoms with Crippen LogP contribution < -0.4 is 21.4 Å². The summed E-state index contributed by atoms with van der Waals surface area (Å²) >= 11 is 0. The minimum absolute atomic E-state index is 0.0483. The van der Waals surface area contributed by atoms with Crippen molar-refractivity contribution in [3.05, 3.63) is 95.2 Å². The summed E-state index contributed by atoms with van der Waals surface area (Å²) < 4.78 is 8.12. The van der Waals surface area contributed by atoms with Crippen LogP contribution in [0.4, 0.5) is 11.4 Å². The van der Waals surface area contributed by atoms with Crippen molar-refractivity contribution >= 4 is 57.7 Å². The molecule has 14 nitrogen and oxygen atoms in total. The number of hydrogen-bond donors (Lipinski definition) is 5. The molecule has 2 aliphatic heterocycles. The standard InChI is InChI=1S/C40H44N6O8/c1-39(2,19-33(48)42-27-12-8-24(9-13-27)20-45-17-16-25-10-11-26(18-31(25)45)35(49)44-53)22-54-23-40(3,4)21-41-29-7-5-6-28-34(29)38(52)46(37(28)51)30-14-15-32(47)43-36(30)50/h5-13,16-18,30,41,53H,14-15,19-23H2,1-4H3,(H,42,48)(H,44,49)(H,43,47,50). The van der Waals surface area contributed by atoms with Gasteiger partial charge in [0.1, 0.15) is 6.04 Å². The monoisotopic (exact) mass is 736 g/mol. The molecule has 5 N–H and O–H groups in total. The van der Waals surface area contributed by atoms with Crippen molar-refractivity contribution in [1.82, 2.24) is 20.3 Å². The highest BCUT2D eigenvalue weighted by Gasteiger charge is 2.45. The molecule has 0 bridgehead atoms. The largest absolute Gasteiger partial charge is 0.384 e. The maximum atomic E-state index is 13.4. The maximum absolute atomic E-state index is 13.4. The van der Waals surface area contributed by atoms with Gasteiger partial charge in [-0.05, 0) is 65.3 Å². The first-order valence-corrected chi connectivity index (χ1v) is 17.7. The number of fused-ring (bicyclic) bond motifs is 2. The minimum Gasteiger partial charge on any atom is -0.384 e. The van der Waals surface area contributed by atoms with Crippen LogP contribution in [0.1, 0.15) is 83.6 Å². The molecule has 54 heavy (non-hydrogen) atoms. The topological polar surface area (TPSA) is 188 Å². The number of anilines is 2. The summed E-state index contributed by atoms with van der Waals surface area (Å²) in [5.74, 6) is -2.94. The molecule has 282 valence electrons. The SMILES string of the molecule is CC(C)(CNc1cccc2c1C(=O)N(C1CCC(=O)NC1=O)C2=O)COCC(C)(C)CC(=O)Nc1ccc(Cn2ccc3ccc(C(=O)NO)cc32)cc1. The van der Waals surface area contributed by atoms with Crippen molar-refractivity contribution in [2.45, 2.75) is 59.5 Å². The van der Waals surface area contributed by atoms with E-state index in [0.717, 1.165) is 21.4 Å². The van der Waals surface area contributed by atoms with Crippen LogP contribution in [0.5, 0.6) is 0 Å². The first-order chi connectivity index (χ1) is 25.6. The minimum atomic E-state index is -1.04. The number of ether oxygens (including phenoxy) is 1. The van der Waals surface area contributed by atoms with E-state index in [2.05, 4.69) is 16.0 Å². The third kappa shape index (κ3) is 8.35. The second kappa shape index (κ2) is 15.2. The van der Waals surface area contributed by atoms with E-state index in [9.17, 15) is 28.8 Å². The molecule has 1 aromatic heterocycles. The number of piperidine rings is 1. The highest BCUT2D eigenvalue weighted by Crippen LogP contribution is 2.33. The molecular formula is C40H44N6O8. The van der Waals surface area contributed by atoms with Gasteiger partial charge in [-0.2, -0.15) is 0 Å². The lowest BCUT2D eigenvalue weighted by molar-refractivity contribution is -0.136. The molecule has 1 fully saturated rings. The fourth-order valence-electron chi connectivity index (χ4n) is 6.76. The molecule has 0 radical (unpaired) electrons. The summed E-state index contributed by atoms with van der Waals surface area (Å²) in [5.41, 5.74) is 4.54. The summed E-state index contributed by atoms with van der Waals surface area (Å²) in [7, 11) is 0. The number of benzene rings is 3. The number of carbonyl (C=O) groups is 6. The lowest BCUT2D eigenvalue weighted by Crippen LogP contribution is -2.54. The zero-order chi connectivity index (χ0) is 38.8. The van der Waals surface area contributed by atoms with Crippen LogP contribution in [-0.2, 0) is 25.7 Å². The Morgan fingerprint density at radius 2 is 1.67 bits per heavy atom. The summed E-state index contributed by atoms with van der Waals surface area (Å²) in [6.45, 7) is 9.55. The maximum Gasteiger partial charge on any atom is 0.274 e. The number of nitrogens with one attached hydrogen (secondary N) is 4. The first kappa shape index (κ1) is 37.9. The van der Waals surface area contributed by atoms with E-state index in [-0.39, 0.29) is 36.3 Å². The molecule has 3 heterocycles. The third-order valence-electron chi connectivity index (χ3n) is 9.58. The van der Waals surface area contributed by atoms with Gasteiger partial charge >= 0.3 is 0 Å². The number of nitrogens with zero attached hydrogens (tertiary/aromatic N) is 2. The van der Waals surface area contributed by atoms with E-state index >= 15 is 0 Å². The number of imide groups is 2. The van der Waals surface area contributed by atoms with E-state index < -0.39 is 46.4 Å². The Hall–Kier alpha value is -5.86. The van der Waals surface area contributed by atoms with Crippen molar-refractivity contribution in [1.29, 1.82) is 0 Å². The smallest absolute Gasteiger partial charge is 0.274 e. The molecule has 1 saturated heterocycles. The highest BCUT2D eigenvalue weighted by atomic mass is 16.5. The highest BCUT2D eigenvalue weighted by molar-refractivity contribution is 6.25. The lowest BCUT2D eigenvalue weighted by Gasteiger charge is -2.29. The van der Waals surface area contributed by atoms with Gasteiger partial charge in [0.25, 0.3) is 17.7 Å². The number of hydroxylamine groups is 1. The predicted octanol–water partition coefficient (Wildman–Crippen LogP) is 4.72. The number of amides is 6. The van der Waals surface area contributed by atoms with E-state index in [1.807, 2.05) is 74.9 Å². The van der Waals surface area contributed by atoms with Crippen molar-refractivity contribution < 1.29 is 38.7 Å². The van der Waals surface area contributed by atoms with E-state index in [4.69, 9.17) is 9.94 Å². The molecule has 0 spiro atoms. The Morgan fingerprint density at radius 1 is 0.926 bits per heavy atom. The van der Waals surface area contributed by atoms with Gasteiger partial charge in [-0.15, -0.1) is 0 Å². The van der Waals surface area contributed by atoms with Crippen LogP contribution in [0.25, 0.3) is 10.9 Å². The van der Waals surface area contributed by atoms with Gasteiger partial charge in [0.05, 0.1) is 24.3 Å². The zero-order valence-corrected chi connectivity index (χ0v) is 30.7. The Balaban J connectivity index is 0.974. The summed E-state index contributed by atoms with van der Waals surface area (Å²) in [6.07, 6.45) is 2.29. The third-order valence-corrected chi connectivity index (χ3v) is 9.58. The van der Waals surface area contributed by atoms with Gasteiger partial charge in [-0.25, -0.2) is 5.48 Å². The average Bonchev–Trinajstić information content (AvgIpc) is 3.64. The van der Waals surface area contributed by atoms with Crippen LogP contribution in [-0.4, -0.2) is 75.9 Å². The van der Waals surface area contributed by atoms with Gasteiger partial charge in [-0.3, -0.25) is 44.2 Å². The molecule has 3 aromatic carbocycles. The van der Waals surface area contributed by atoms with Crippen LogP contribution in [0, 0.1) is 10.8 Å². The number of hydrogen-bond acceptors (Lipinski definition) is 9. The van der Waals surface area contributed by atoms with E-state index in [1.165, 1.54) is 0 Å². The molecule has 0 aliphatic carbocycles. The Labute approximate surface area is 312 Å². The second-order valence-electron chi connectivity index (χ2n) is 15.4. The fraction of sp³-hybridized carbons (Fsp3) is 0.350. The molecule has 6 amide bonds. The molecule has 14 heteroatoms. The van der Waals surface area contributed by atoms with Crippen LogP contribution in [0.2, 0.25) is 0 Å². The number of carbonyl (C=O) groups excluding carboxylic acids is 6. The Bertz CT molecular complexity index is 2140. The first-order valence-electron chi connectivity index (χ1n) is 17.7. The lowest BCUT2D eigenvalue weighted by atomic mass is 9.89. The molecule has 0 saturated carbocycles. The molecule has 2 aliphatic rings. The van der Waals surface area contributed by atoms with Crippen molar-refractivity contribution in [3.63, 3.8) is 0 Å². The predicted molar refractivity (Wildman–Crippen MR) is 200 cm³/mol. The quantitative estimate of drug-likeness (QED) is 0.0694. The van der Waals surface area contributed by atoms with Gasteiger partial charge in [0, 0.05) is 60.0 Å². The van der Waals surface area contributed by atoms with Gasteiger partial charge in [0.2, 0.25) is 17.7 Å². The van der Waals surface area contributed by atoms with Gasteiger partial charge in [-0.1, -0.05) is 52.0 Å². The van der Waals surface area contributed by atoms with Gasteiger partial charge in [0.15, 0.2) is 0 Å². The summed E-state index contributed by atoms with van der Waals surface area (Å²) in [6, 6.07) is 18.6. The van der Waals surface area contributed by atoms with Gasteiger partial charge < -0.3 is 19.9 Å². The Morgan fingerprint density at radius 3 is 2.39 bits per heavy atom. The normalized spacial score (nSPS) is 16.0. The fourth-order valence-corrected chi connectivity index (χ4v) is 6.76. The second-order valence-corrected chi connectivity index (χ2v) is 15.4. The van der Waals surface area contributed by atoms with Crippen molar-refractivity contribution in [2.75, 3.05) is 30.4 Å². The van der Waals surface area contributed by atoms with E-state index in [1.54, 1.807) is 35.8 Å². The zero-order valence-electron chi connectivity index (χ0n) is 30.7. The molecule has 1 atom stereocenters. The Kier molecular flexibility index (Phi) is 10.7. The van der Waals surface area contributed by atoms with Crippen LogP contribution in [0.3, 0.4) is 0 Å². The van der Waals surface area contributed by atoms with Crippen molar-refractivity contribution in [2.24, 2.45) is 10.8 Å². The number of rotatable bonds is 14. The average molecular weight is 737 g/mol. The molecule has 4 aromatic rings. The molecule has 1 unspecified atom stereocenters. The summed E-state index contributed by atoms with van der Waals surface area (Å²) in [5, 5.41) is 18.4. The van der Waals surface area contributed by atoms with Crippen LogP contribution >= 0.6 is 0 Å². The molecular weight excluding hydrogens is 692 g/mol. The number of aromatic nitrogens is 1.